The van der Waals surface area contributed by atoms with E-state index in [1.807, 2.05) is 0 Å². The molecule has 2 aromatic carbocycles. The van der Waals surface area contributed by atoms with Gasteiger partial charge in [0.15, 0.2) is 0 Å². The van der Waals surface area contributed by atoms with Gasteiger partial charge in [-0.25, -0.2) is 0 Å². The van der Waals surface area contributed by atoms with E-state index in [2.05, 4.69) is 77.9 Å². The molecule has 0 spiro atoms. The Kier molecular flexibility index (Phi) is 4.95. The van der Waals surface area contributed by atoms with Crippen LogP contribution in [0.3, 0.4) is 0 Å². The molecule has 0 aliphatic rings. The number of anilines is 1. The molecule has 22 heavy (non-hydrogen) atoms. The van der Waals surface area contributed by atoms with Crippen molar-refractivity contribution in [3.05, 3.63) is 53.1 Å². The van der Waals surface area contributed by atoms with Crippen LogP contribution in [0.15, 0.2) is 36.4 Å². The van der Waals surface area contributed by atoms with Crippen LogP contribution < -0.4 is 5.73 Å². The fourth-order valence-electron chi connectivity index (χ4n) is 2.80. The summed E-state index contributed by atoms with van der Waals surface area (Å²) in [5.74, 6) is 1.50. The first-order chi connectivity index (χ1) is 10.3. The Bertz CT molecular complexity index is 634. The number of hydrogen-bond donors (Lipinski definition) is 1. The maximum absolute atomic E-state index is 6.48. The topological polar surface area (TPSA) is 26.0 Å². The Morgan fingerprint density at radius 1 is 0.682 bits per heavy atom. The normalized spacial score (nSPS) is 11.7. The van der Waals surface area contributed by atoms with Crippen molar-refractivity contribution in [3.8, 4) is 11.1 Å². The average molecular weight is 295 g/mol. The number of nitrogens with two attached hydrogens (primary N) is 1. The Hall–Kier alpha value is -1.76. The summed E-state index contributed by atoms with van der Waals surface area (Å²) in [5.41, 5.74) is 13.8. The average Bonchev–Trinajstić information content (AvgIpc) is 2.47. The smallest absolute Gasteiger partial charge is 0.0429 e. The Labute approximate surface area is 135 Å². The molecule has 1 nitrogen and oxygen atoms in total. The summed E-state index contributed by atoms with van der Waals surface area (Å²) < 4.78 is 0. The predicted molar refractivity (Wildman–Crippen MR) is 98.6 cm³/mol. The molecule has 0 saturated carbocycles. The van der Waals surface area contributed by atoms with E-state index in [1.165, 1.54) is 27.8 Å². The summed E-state index contributed by atoms with van der Waals surface area (Å²) in [4.78, 5) is 0. The molecule has 0 aromatic heterocycles. The molecular formula is C21H29N. The van der Waals surface area contributed by atoms with Crippen molar-refractivity contribution in [1.29, 1.82) is 0 Å². The van der Waals surface area contributed by atoms with Gasteiger partial charge < -0.3 is 5.73 Å². The van der Waals surface area contributed by atoms with Gasteiger partial charge in [0.1, 0.15) is 0 Å². The number of rotatable bonds is 4. The van der Waals surface area contributed by atoms with Gasteiger partial charge in [-0.3, -0.25) is 0 Å². The second-order valence-corrected chi connectivity index (χ2v) is 7.16. The van der Waals surface area contributed by atoms with E-state index in [0.29, 0.717) is 17.8 Å². The van der Waals surface area contributed by atoms with Crippen LogP contribution in [0.4, 0.5) is 5.69 Å². The lowest BCUT2D eigenvalue weighted by molar-refractivity contribution is 0.837. The molecule has 118 valence electrons. The highest BCUT2D eigenvalue weighted by Crippen LogP contribution is 2.36. The fourth-order valence-corrected chi connectivity index (χ4v) is 2.80. The Morgan fingerprint density at radius 3 is 1.68 bits per heavy atom. The van der Waals surface area contributed by atoms with Gasteiger partial charge >= 0.3 is 0 Å². The number of nitrogen functional groups attached to an aromatic ring is 1. The summed E-state index contributed by atoms with van der Waals surface area (Å²) in [6.07, 6.45) is 0. The third kappa shape index (κ3) is 3.35. The number of hydrogen-bond acceptors (Lipinski definition) is 1. The van der Waals surface area contributed by atoms with Gasteiger partial charge in [0.25, 0.3) is 0 Å². The summed E-state index contributed by atoms with van der Waals surface area (Å²) in [7, 11) is 0. The van der Waals surface area contributed by atoms with Crippen LogP contribution >= 0.6 is 0 Å². The molecule has 0 bridgehead atoms. The van der Waals surface area contributed by atoms with E-state index in [9.17, 15) is 0 Å². The molecule has 0 heterocycles. The summed E-state index contributed by atoms with van der Waals surface area (Å²) in [6, 6.07) is 13.4. The Morgan fingerprint density at radius 2 is 1.23 bits per heavy atom. The predicted octanol–water partition coefficient (Wildman–Crippen LogP) is 6.31. The van der Waals surface area contributed by atoms with Crippen molar-refractivity contribution in [2.24, 2.45) is 0 Å². The van der Waals surface area contributed by atoms with Crippen molar-refractivity contribution >= 4 is 5.69 Å². The zero-order chi connectivity index (χ0) is 16.4. The van der Waals surface area contributed by atoms with E-state index in [-0.39, 0.29) is 0 Å². The van der Waals surface area contributed by atoms with Crippen molar-refractivity contribution in [2.75, 3.05) is 5.73 Å². The van der Waals surface area contributed by atoms with Gasteiger partial charge in [-0.2, -0.15) is 0 Å². The van der Waals surface area contributed by atoms with E-state index in [1.54, 1.807) is 0 Å². The Balaban J connectivity index is 2.58. The second-order valence-electron chi connectivity index (χ2n) is 7.16. The van der Waals surface area contributed by atoms with Crippen molar-refractivity contribution < 1.29 is 0 Å². The van der Waals surface area contributed by atoms with Gasteiger partial charge in [0.2, 0.25) is 0 Å². The molecule has 0 unspecified atom stereocenters. The van der Waals surface area contributed by atoms with Crippen LogP contribution in [0.2, 0.25) is 0 Å². The highest BCUT2D eigenvalue weighted by molar-refractivity contribution is 5.80. The van der Waals surface area contributed by atoms with Crippen molar-refractivity contribution in [1.82, 2.24) is 0 Å². The fraction of sp³-hybridized carbons (Fsp3) is 0.429. The van der Waals surface area contributed by atoms with Crippen LogP contribution in [-0.4, -0.2) is 0 Å². The van der Waals surface area contributed by atoms with Gasteiger partial charge in [-0.05, 0) is 46.1 Å². The molecule has 1 heteroatoms. The lowest BCUT2D eigenvalue weighted by atomic mass is 9.88. The van der Waals surface area contributed by atoms with Gasteiger partial charge in [0, 0.05) is 11.3 Å². The molecule has 2 N–H and O–H groups in total. The first kappa shape index (κ1) is 16.6. The van der Waals surface area contributed by atoms with Gasteiger partial charge in [0.05, 0.1) is 0 Å². The third-order valence-electron chi connectivity index (χ3n) is 4.41. The first-order valence-corrected chi connectivity index (χ1v) is 8.34. The van der Waals surface area contributed by atoms with E-state index in [0.717, 1.165) is 5.69 Å². The molecule has 0 aliphatic heterocycles. The highest BCUT2D eigenvalue weighted by atomic mass is 14.6. The highest BCUT2D eigenvalue weighted by Gasteiger charge is 2.14. The monoisotopic (exact) mass is 295 g/mol. The summed E-state index contributed by atoms with van der Waals surface area (Å²) >= 11 is 0. The molecule has 0 saturated heterocycles. The van der Waals surface area contributed by atoms with Crippen molar-refractivity contribution in [2.45, 2.75) is 59.3 Å². The minimum absolute atomic E-state index is 0.437. The van der Waals surface area contributed by atoms with Crippen LogP contribution in [0.5, 0.6) is 0 Å². The standard InChI is InChI=1S/C21H29N/c1-13(2)16-7-9-17(10-8-16)20-12-18(14(3)4)11-19(15(5)6)21(20)22/h7-15H,22H2,1-6H3. The zero-order valence-corrected chi connectivity index (χ0v) is 14.8. The first-order valence-electron chi connectivity index (χ1n) is 8.34. The number of benzene rings is 2. The summed E-state index contributed by atoms with van der Waals surface area (Å²) in [5, 5.41) is 0. The van der Waals surface area contributed by atoms with E-state index >= 15 is 0 Å². The molecule has 2 aromatic rings. The van der Waals surface area contributed by atoms with E-state index in [4.69, 9.17) is 5.73 Å². The molecular weight excluding hydrogens is 266 g/mol. The van der Waals surface area contributed by atoms with Crippen molar-refractivity contribution in [3.63, 3.8) is 0 Å². The van der Waals surface area contributed by atoms with Crippen LogP contribution in [0, 0.1) is 0 Å². The minimum atomic E-state index is 0.437. The van der Waals surface area contributed by atoms with E-state index < -0.39 is 0 Å². The maximum Gasteiger partial charge on any atom is 0.0429 e. The third-order valence-corrected chi connectivity index (χ3v) is 4.41. The lowest BCUT2D eigenvalue weighted by Gasteiger charge is -2.19. The maximum atomic E-state index is 6.48. The molecule has 0 aliphatic carbocycles. The molecule has 0 amide bonds. The molecule has 0 atom stereocenters. The van der Waals surface area contributed by atoms with Gasteiger partial charge in [-0.1, -0.05) is 71.9 Å². The molecule has 2 rings (SSSR count). The largest absolute Gasteiger partial charge is 0.398 e. The second kappa shape index (κ2) is 6.56. The SMILES string of the molecule is CC(C)c1ccc(-c2cc(C(C)C)cc(C(C)C)c2N)cc1. The minimum Gasteiger partial charge on any atom is -0.398 e. The van der Waals surface area contributed by atoms with Crippen LogP contribution in [0.1, 0.15) is 76.0 Å². The zero-order valence-electron chi connectivity index (χ0n) is 14.8. The molecule has 0 radical (unpaired) electrons. The van der Waals surface area contributed by atoms with Crippen LogP contribution in [-0.2, 0) is 0 Å². The lowest BCUT2D eigenvalue weighted by Crippen LogP contribution is -2.02. The van der Waals surface area contributed by atoms with Crippen LogP contribution in [0.25, 0.3) is 11.1 Å². The molecule has 0 fully saturated rings. The summed E-state index contributed by atoms with van der Waals surface area (Å²) in [6.45, 7) is 13.3. The van der Waals surface area contributed by atoms with Gasteiger partial charge in [-0.15, -0.1) is 0 Å². The quantitative estimate of drug-likeness (QED) is 0.657.